The number of halogens is 8. The maximum absolute atomic E-state index is 12.9. The summed E-state index contributed by atoms with van der Waals surface area (Å²) < 4.78 is 108. The Kier molecular flexibility index (Phi) is 6.81. The smallest absolute Gasteiger partial charge is 0.400 e. The van der Waals surface area contributed by atoms with Crippen molar-refractivity contribution in [1.29, 1.82) is 0 Å². The van der Waals surface area contributed by atoms with Gasteiger partial charge in [0.1, 0.15) is 5.82 Å². The molecule has 6 nitrogen and oxygen atoms in total. The van der Waals surface area contributed by atoms with Crippen molar-refractivity contribution in [3.63, 3.8) is 0 Å². The van der Waals surface area contributed by atoms with Crippen LogP contribution in [0.1, 0.15) is 34.5 Å². The van der Waals surface area contributed by atoms with E-state index < -0.39 is 60.1 Å². The van der Waals surface area contributed by atoms with Gasteiger partial charge in [-0.1, -0.05) is 6.92 Å². The lowest BCUT2D eigenvalue weighted by Crippen LogP contribution is -2.38. The molecule has 0 spiro atoms. The second kappa shape index (κ2) is 8.67. The molecule has 0 saturated heterocycles. The summed E-state index contributed by atoms with van der Waals surface area (Å²) >= 11 is 0. The predicted octanol–water partition coefficient (Wildman–Crippen LogP) is 4.72. The lowest BCUT2D eigenvalue weighted by molar-refractivity contribution is -0.283. The van der Waals surface area contributed by atoms with Crippen molar-refractivity contribution in [3.8, 4) is 11.6 Å². The van der Waals surface area contributed by atoms with Crippen molar-refractivity contribution in [2.45, 2.75) is 45.7 Å². The summed E-state index contributed by atoms with van der Waals surface area (Å²) in [7, 11) is 0. The molecule has 0 saturated carbocycles. The highest BCUT2D eigenvalue weighted by molar-refractivity contribution is 5.87. The lowest BCUT2D eigenvalue weighted by atomic mass is 9.99. The summed E-state index contributed by atoms with van der Waals surface area (Å²) in [6.07, 6.45) is -12.1. The van der Waals surface area contributed by atoms with Crippen LogP contribution in [0.2, 0.25) is 0 Å². The normalized spacial score (nSPS) is 12.6. The molecular weight excluding hydrogens is 446 g/mol. The molecule has 14 heteroatoms. The fraction of sp³-hybridized carbons (Fsp3) is 0.471. The second-order valence-corrected chi connectivity index (χ2v) is 6.34. The minimum Gasteiger partial charge on any atom is -0.476 e. The van der Waals surface area contributed by atoms with Crippen molar-refractivity contribution in [2.24, 2.45) is 5.92 Å². The molecule has 0 aliphatic heterocycles. The van der Waals surface area contributed by atoms with Crippen LogP contribution in [-0.4, -0.2) is 44.6 Å². The molecule has 31 heavy (non-hydrogen) atoms. The van der Waals surface area contributed by atoms with Gasteiger partial charge in [-0.3, -0.25) is 4.57 Å². The monoisotopic (exact) mass is 461 g/mol. The molecule has 0 atom stereocenters. The van der Waals surface area contributed by atoms with Crippen LogP contribution in [0.15, 0.2) is 12.3 Å². The van der Waals surface area contributed by atoms with Crippen LogP contribution in [0.3, 0.4) is 0 Å². The Hall–Kier alpha value is -2.93. The second-order valence-electron chi connectivity index (χ2n) is 6.34. The van der Waals surface area contributed by atoms with E-state index >= 15 is 0 Å². The van der Waals surface area contributed by atoms with Crippen molar-refractivity contribution in [2.75, 3.05) is 0 Å². The molecule has 172 valence electrons. The number of aromatic carboxylic acids is 1. The number of aryl methyl sites for hydroxylation is 1. The average Bonchev–Trinajstić information content (AvgIpc) is 2.94. The first-order valence-electron chi connectivity index (χ1n) is 8.55. The zero-order valence-corrected chi connectivity index (χ0v) is 15.9. The van der Waals surface area contributed by atoms with Gasteiger partial charge >= 0.3 is 24.9 Å². The van der Waals surface area contributed by atoms with Crippen LogP contribution >= 0.6 is 0 Å². The van der Waals surface area contributed by atoms with Crippen molar-refractivity contribution >= 4 is 5.97 Å². The van der Waals surface area contributed by atoms with E-state index in [-0.39, 0.29) is 17.9 Å². The first-order valence-corrected chi connectivity index (χ1v) is 8.55. The molecule has 0 fully saturated rings. The van der Waals surface area contributed by atoms with Crippen molar-refractivity contribution < 1.29 is 49.8 Å². The van der Waals surface area contributed by atoms with Gasteiger partial charge in [-0.25, -0.2) is 14.8 Å². The number of rotatable bonds is 7. The summed E-state index contributed by atoms with van der Waals surface area (Å²) in [6.45, 7) is -0.645. The number of carboxylic acids is 1. The molecule has 0 aliphatic rings. The van der Waals surface area contributed by atoms with Gasteiger partial charge in [-0.05, 0) is 25.0 Å². The van der Waals surface area contributed by atoms with E-state index in [0.717, 1.165) is 4.57 Å². The fourth-order valence-electron chi connectivity index (χ4n) is 2.87. The standard InChI is InChI=1S/C17H15F8N3O3/c1-3-11-27-12(14(29)30)7(2)28(11)13-9(31-15(18)19)4-8(6-26-13)5-10(16(20,21)22)17(23,24)25/h4,6,10,15H,3,5H2,1-2H3,(H,29,30). The van der Waals surface area contributed by atoms with E-state index in [1.165, 1.54) is 6.92 Å². The molecule has 0 aromatic carbocycles. The van der Waals surface area contributed by atoms with E-state index in [1.807, 2.05) is 0 Å². The third kappa shape index (κ3) is 5.41. The van der Waals surface area contributed by atoms with E-state index in [4.69, 9.17) is 0 Å². The minimum atomic E-state index is -5.63. The molecule has 2 aromatic rings. The number of nitrogens with zero attached hydrogens (tertiary/aromatic N) is 3. The molecule has 1 N–H and O–H groups in total. The first kappa shape index (κ1) is 24.3. The van der Waals surface area contributed by atoms with Gasteiger partial charge in [0, 0.05) is 12.6 Å². The van der Waals surface area contributed by atoms with Crippen LogP contribution in [0.5, 0.6) is 5.75 Å². The van der Waals surface area contributed by atoms with Gasteiger partial charge in [0.25, 0.3) is 0 Å². The number of alkyl halides is 8. The fourth-order valence-corrected chi connectivity index (χ4v) is 2.87. The van der Waals surface area contributed by atoms with Crippen LogP contribution < -0.4 is 4.74 Å². The van der Waals surface area contributed by atoms with Gasteiger partial charge in [0.15, 0.2) is 23.2 Å². The van der Waals surface area contributed by atoms with E-state index in [0.29, 0.717) is 12.3 Å². The number of carbonyl (C=O) groups is 1. The zero-order valence-electron chi connectivity index (χ0n) is 15.9. The maximum atomic E-state index is 12.9. The Balaban J connectivity index is 2.62. The number of aromatic nitrogens is 3. The SMILES string of the molecule is CCc1nc(C(=O)O)c(C)n1-c1ncc(CC(C(F)(F)F)C(F)(F)F)cc1OC(F)F. The molecule has 0 amide bonds. The quantitative estimate of drug-likeness (QED) is 0.604. The predicted molar refractivity (Wildman–Crippen MR) is 88.4 cm³/mol. The van der Waals surface area contributed by atoms with Crippen LogP contribution in [-0.2, 0) is 12.8 Å². The summed E-state index contributed by atoms with van der Waals surface area (Å²) in [5.41, 5.74) is -1.14. The molecule has 0 unspecified atom stereocenters. The van der Waals surface area contributed by atoms with Crippen LogP contribution in [0, 0.1) is 12.8 Å². The maximum Gasteiger partial charge on any atom is 0.400 e. The summed E-state index contributed by atoms with van der Waals surface area (Å²) in [5, 5.41) is 9.20. The Morgan fingerprint density at radius 2 is 1.77 bits per heavy atom. The van der Waals surface area contributed by atoms with Crippen molar-refractivity contribution in [3.05, 3.63) is 35.0 Å². The zero-order chi connectivity index (χ0) is 23.7. The van der Waals surface area contributed by atoms with Gasteiger partial charge in [-0.2, -0.15) is 35.1 Å². The third-order valence-electron chi connectivity index (χ3n) is 4.24. The van der Waals surface area contributed by atoms with Gasteiger partial charge in [0.2, 0.25) is 0 Å². The van der Waals surface area contributed by atoms with Crippen LogP contribution in [0.4, 0.5) is 35.1 Å². The lowest BCUT2D eigenvalue weighted by Gasteiger charge is -2.23. The Morgan fingerprint density at radius 1 is 1.19 bits per heavy atom. The molecule has 2 rings (SSSR count). The van der Waals surface area contributed by atoms with Crippen LogP contribution in [0.25, 0.3) is 5.82 Å². The summed E-state index contributed by atoms with van der Waals surface area (Å²) in [4.78, 5) is 18.8. The molecule has 2 aromatic heterocycles. The Morgan fingerprint density at radius 3 is 2.23 bits per heavy atom. The third-order valence-corrected chi connectivity index (χ3v) is 4.24. The number of hydrogen-bond donors (Lipinski definition) is 1. The number of imidazole rings is 1. The van der Waals surface area contributed by atoms with Gasteiger partial charge in [0.05, 0.1) is 5.69 Å². The first-order chi connectivity index (χ1) is 14.2. The highest BCUT2D eigenvalue weighted by Gasteiger charge is 2.56. The number of carboxylic acid groups (broad SMARTS) is 1. The van der Waals surface area contributed by atoms with Gasteiger partial charge in [-0.15, -0.1) is 0 Å². The topological polar surface area (TPSA) is 77.2 Å². The molecule has 2 heterocycles. The highest BCUT2D eigenvalue weighted by Crippen LogP contribution is 2.41. The number of hydrogen-bond acceptors (Lipinski definition) is 4. The minimum absolute atomic E-state index is 0.0489. The average molecular weight is 461 g/mol. The Bertz CT molecular complexity index is 939. The van der Waals surface area contributed by atoms with Crippen molar-refractivity contribution in [1.82, 2.24) is 14.5 Å². The Labute approximate surface area is 169 Å². The molecular formula is C17H15F8N3O3. The largest absolute Gasteiger partial charge is 0.476 e. The highest BCUT2D eigenvalue weighted by atomic mass is 19.4. The number of ether oxygens (including phenoxy) is 1. The summed E-state index contributed by atoms with van der Waals surface area (Å²) in [5.74, 6) is -6.40. The van der Waals surface area contributed by atoms with E-state index in [1.54, 1.807) is 6.92 Å². The van der Waals surface area contributed by atoms with E-state index in [9.17, 15) is 45.0 Å². The molecule has 0 aliphatic carbocycles. The number of pyridine rings is 1. The van der Waals surface area contributed by atoms with E-state index in [2.05, 4.69) is 14.7 Å². The summed E-state index contributed by atoms with van der Waals surface area (Å²) in [6, 6.07) is 0.582. The van der Waals surface area contributed by atoms with Gasteiger partial charge < -0.3 is 9.84 Å². The molecule has 0 radical (unpaired) electrons. The molecule has 0 bridgehead atoms.